The molecular formula is C12H24N2O2. The van der Waals surface area contributed by atoms with E-state index in [0.717, 1.165) is 45.6 Å². The number of nitrogens with zero attached hydrogens (tertiary/aromatic N) is 1. The van der Waals surface area contributed by atoms with Crippen LogP contribution in [0.4, 0.5) is 0 Å². The minimum absolute atomic E-state index is 0.0938. The van der Waals surface area contributed by atoms with E-state index in [1.165, 1.54) is 0 Å². The first-order chi connectivity index (χ1) is 7.69. The van der Waals surface area contributed by atoms with Gasteiger partial charge in [0.1, 0.15) is 0 Å². The number of amides is 1. The third kappa shape index (κ3) is 3.76. The van der Waals surface area contributed by atoms with Crippen LogP contribution >= 0.6 is 0 Å². The third-order valence-electron chi connectivity index (χ3n) is 3.11. The molecule has 1 aliphatic heterocycles. The number of hydrogen-bond acceptors (Lipinski definition) is 3. The van der Waals surface area contributed by atoms with Crippen LogP contribution in [0.3, 0.4) is 0 Å². The van der Waals surface area contributed by atoms with Crippen LogP contribution in [-0.4, -0.2) is 43.2 Å². The van der Waals surface area contributed by atoms with E-state index in [-0.39, 0.29) is 11.9 Å². The molecule has 0 saturated carbocycles. The van der Waals surface area contributed by atoms with Crippen molar-refractivity contribution in [1.29, 1.82) is 0 Å². The second-order valence-electron chi connectivity index (χ2n) is 4.50. The highest BCUT2D eigenvalue weighted by atomic mass is 16.5. The van der Waals surface area contributed by atoms with Crippen LogP contribution in [0.25, 0.3) is 0 Å². The van der Waals surface area contributed by atoms with E-state index in [1.54, 1.807) is 0 Å². The Kier molecular flexibility index (Phi) is 5.77. The van der Waals surface area contributed by atoms with E-state index in [4.69, 9.17) is 10.5 Å². The van der Waals surface area contributed by atoms with Gasteiger partial charge in [-0.2, -0.15) is 0 Å². The first-order valence-electron chi connectivity index (χ1n) is 6.31. The Bertz CT molecular complexity index is 215. The molecule has 0 bridgehead atoms. The van der Waals surface area contributed by atoms with Gasteiger partial charge in [-0.3, -0.25) is 4.79 Å². The average Bonchev–Trinajstić information content (AvgIpc) is 2.78. The summed E-state index contributed by atoms with van der Waals surface area (Å²) in [5.74, 6) is 0.592. The fraction of sp³-hybridized carbons (Fsp3) is 0.917. The number of rotatable bonds is 6. The maximum absolute atomic E-state index is 12.0. The van der Waals surface area contributed by atoms with E-state index in [0.29, 0.717) is 5.92 Å². The summed E-state index contributed by atoms with van der Waals surface area (Å²) in [6.07, 6.45) is 2.79. The number of carbonyl (C=O) groups is 1. The Morgan fingerprint density at radius 3 is 2.81 bits per heavy atom. The predicted molar refractivity (Wildman–Crippen MR) is 64.1 cm³/mol. The molecule has 0 aliphatic carbocycles. The Labute approximate surface area is 98.1 Å². The van der Waals surface area contributed by atoms with Crippen LogP contribution in [0.15, 0.2) is 0 Å². The van der Waals surface area contributed by atoms with Gasteiger partial charge < -0.3 is 15.4 Å². The second-order valence-corrected chi connectivity index (χ2v) is 4.50. The zero-order valence-electron chi connectivity index (χ0n) is 10.4. The number of ether oxygens (including phenoxy) is 1. The van der Waals surface area contributed by atoms with Gasteiger partial charge >= 0.3 is 0 Å². The molecule has 1 amide bonds. The minimum atomic E-state index is -0.327. The molecule has 4 heteroatoms. The normalized spacial score (nSPS) is 22.1. The van der Waals surface area contributed by atoms with Gasteiger partial charge in [-0.15, -0.1) is 0 Å². The molecule has 0 radical (unpaired) electrons. The molecule has 0 aromatic rings. The van der Waals surface area contributed by atoms with Crippen molar-refractivity contribution in [3.63, 3.8) is 0 Å². The number of carbonyl (C=O) groups excluding carboxylic acids is 1. The Morgan fingerprint density at radius 2 is 2.31 bits per heavy atom. The Balaban J connectivity index is 2.42. The van der Waals surface area contributed by atoms with Crippen molar-refractivity contribution in [2.45, 2.75) is 39.2 Å². The molecule has 1 fully saturated rings. The van der Waals surface area contributed by atoms with E-state index in [9.17, 15) is 4.79 Å². The number of hydrogen-bond donors (Lipinski definition) is 1. The lowest BCUT2D eigenvalue weighted by Gasteiger charge is -2.26. The van der Waals surface area contributed by atoms with Gasteiger partial charge in [-0.05, 0) is 19.8 Å². The van der Waals surface area contributed by atoms with Crippen LogP contribution in [0.5, 0.6) is 0 Å². The van der Waals surface area contributed by atoms with Crippen molar-refractivity contribution in [2.24, 2.45) is 11.7 Å². The molecule has 2 unspecified atom stereocenters. The van der Waals surface area contributed by atoms with Crippen molar-refractivity contribution < 1.29 is 9.53 Å². The van der Waals surface area contributed by atoms with Gasteiger partial charge in [0, 0.05) is 25.6 Å². The van der Waals surface area contributed by atoms with E-state index < -0.39 is 0 Å². The van der Waals surface area contributed by atoms with E-state index in [2.05, 4.69) is 0 Å². The van der Waals surface area contributed by atoms with Crippen molar-refractivity contribution >= 4 is 5.91 Å². The van der Waals surface area contributed by atoms with Crippen LogP contribution in [0.2, 0.25) is 0 Å². The molecule has 0 aromatic heterocycles. The van der Waals surface area contributed by atoms with Crippen LogP contribution in [0, 0.1) is 5.92 Å². The molecule has 0 spiro atoms. The molecule has 2 N–H and O–H groups in total. The van der Waals surface area contributed by atoms with Crippen LogP contribution < -0.4 is 5.73 Å². The first kappa shape index (κ1) is 13.5. The molecule has 1 heterocycles. The lowest BCUT2D eigenvalue weighted by molar-refractivity contribution is -0.133. The SMILES string of the molecule is CCCC(N)C(=O)N(CC)CC1CCOC1. The molecular weight excluding hydrogens is 204 g/mol. The highest BCUT2D eigenvalue weighted by molar-refractivity contribution is 5.81. The van der Waals surface area contributed by atoms with E-state index in [1.807, 2.05) is 18.7 Å². The zero-order chi connectivity index (χ0) is 12.0. The molecule has 2 atom stereocenters. The second kappa shape index (κ2) is 6.86. The molecule has 0 aromatic carbocycles. The van der Waals surface area contributed by atoms with Gasteiger partial charge in [-0.1, -0.05) is 13.3 Å². The largest absolute Gasteiger partial charge is 0.381 e. The van der Waals surface area contributed by atoms with Crippen LogP contribution in [0.1, 0.15) is 33.1 Å². The minimum Gasteiger partial charge on any atom is -0.381 e. The summed E-state index contributed by atoms with van der Waals surface area (Å²) in [5.41, 5.74) is 5.86. The van der Waals surface area contributed by atoms with Crippen molar-refractivity contribution in [2.75, 3.05) is 26.3 Å². The standard InChI is InChI=1S/C12H24N2O2/c1-3-5-11(13)12(15)14(4-2)8-10-6-7-16-9-10/h10-11H,3-9,13H2,1-2H3. The molecule has 4 nitrogen and oxygen atoms in total. The summed E-state index contributed by atoms with van der Waals surface area (Å²) in [7, 11) is 0. The monoisotopic (exact) mass is 228 g/mol. The summed E-state index contributed by atoms with van der Waals surface area (Å²) in [6.45, 7) is 7.21. The molecule has 1 rings (SSSR count). The molecule has 1 aliphatic rings. The summed E-state index contributed by atoms with van der Waals surface area (Å²) in [4.78, 5) is 13.9. The maximum Gasteiger partial charge on any atom is 0.239 e. The third-order valence-corrected chi connectivity index (χ3v) is 3.11. The highest BCUT2D eigenvalue weighted by Crippen LogP contribution is 2.14. The van der Waals surface area contributed by atoms with Gasteiger partial charge in [0.05, 0.1) is 12.6 Å². The summed E-state index contributed by atoms with van der Waals surface area (Å²) < 4.78 is 5.32. The fourth-order valence-corrected chi connectivity index (χ4v) is 2.08. The Morgan fingerprint density at radius 1 is 1.56 bits per heavy atom. The molecule has 94 valence electrons. The predicted octanol–water partition coefficient (Wildman–Crippen LogP) is 0.999. The number of nitrogens with two attached hydrogens (primary N) is 1. The summed E-state index contributed by atoms with van der Waals surface area (Å²) >= 11 is 0. The van der Waals surface area contributed by atoms with Gasteiger partial charge in [-0.25, -0.2) is 0 Å². The smallest absolute Gasteiger partial charge is 0.239 e. The zero-order valence-corrected chi connectivity index (χ0v) is 10.4. The van der Waals surface area contributed by atoms with Crippen molar-refractivity contribution in [3.8, 4) is 0 Å². The maximum atomic E-state index is 12.0. The molecule has 1 saturated heterocycles. The lowest BCUT2D eigenvalue weighted by atomic mass is 10.1. The average molecular weight is 228 g/mol. The van der Waals surface area contributed by atoms with Gasteiger partial charge in [0.15, 0.2) is 0 Å². The van der Waals surface area contributed by atoms with Gasteiger partial charge in [0.2, 0.25) is 5.91 Å². The van der Waals surface area contributed by atoms with Crippen molar-refractivity contribution in [1.82, 2.24) is 4.90 Å². The van der Waals surface area contributed by atoms with Crippen molar-refractivity contribution in [3.05, 3.63) is 0 Å². The van der Waals surface area contributed by atoms with Crippen LogP contribution in [-0.2, 0) is 9.53 Å². The lowest BCUT2D eigenvalue weighted by Crippen LogP contribution is -2.45. The first-order valence-corrected chi connectivity index (χ1v) is 6.31. The molecule has 16 heavy (non-hydrogen) atoms. The summed E-state index contributed by atoms with van der Waals surface area (Å²) in [5, 5.41) is 0. The topological polar surface area (TPSA) is 55.6 Å². The quantitative estimate of drug-likeness (QED) is 0.738. The Hall–Kier alpha value is -0.610. The highest BCUT2D eigenvalue weighted by Gasteiger charge is 2.24. The fourth-order valence-electron chi connectivity index (χ4n) is 2.08. The summed E-state index contributed by atoms with van der Waals surface area (Å²) in [6, 6.07) is -0.327. The van der Waals surface area contributed by atoms with Gasteiger partial charge in [0.25, 0.3) is 0 Å². The van der Waals surface area contributed by atoms with E-state index >= 15 is 0 Å². The number of likely N-dealkylation sites (N-methyl/N-ethyl adjacent to an activating group) is 1.